The molecule has 0 radical (unpaired) electrons. The van der Waals surface area contributed by atoms with Gasteiger partial charge in [-0.3, -0.25) is 0 Å². The zero-order chi connectivity index (χ0) is 17.0. The third-order valence-electron chi connectivity index (χ3n) is 4.57. The summed E-state index contributed by atoms with van der Waals surface area (Å²) < 4.78 is 9.84. The Balaban J connectivity index is 0.00000312. The first-order chi connectivity index (χ1) is 11.8. The van der Waals surface area contributed by atoms with E-state index < -0.39 is 0 Å². The number of unbranched alkanes of at least 4 members (excludes halogenated alkanes) is 8. The van der Waals surface area contributed by atoms with E-state index in [0.717, 1.165) is 18.0 Å². The van der Waals surface area contributed by atoms with Crippen LogP contribution < -0.4 is 33.3 Å². The molecular formula is C21H33IN2O. The lowest BCUT2D eigenvalue weighted by Crippen LogP contribution is -3.00. The van der Waals surface area contributed by atoms with Gasteiger partial charge in [-0.25, -0.2) is 4.57 Å². The van der Waals surface area contributed by atoms with Crippen LogP contribution in [-0.4, -0.2) is 11.7 Å². The predicted octanol–water partition coefficient (Wildman–Crippen LogP) is 2.31. The number of halogens is 1. The first kappa shape index (κ1) is 22.0. The van der Waals surface area contributed by atoms with E-state index in [4.69, 9.17) is 4.74 Å². The van der Waals surface area contributed by atoms with Crippen molar-refractivity contribution in [1.29, 1.82) is 0 Å². The summed E-state index contributed by atoms with van der Waals surface area (Å²) in [5, 5.41) is 0. The van der Waals surface area contributed by atoms with Crippen molar-refractivity contribution in [1.82, 2.24) is 4.57 Å². The van der Waals surface area contributed by atoms with Gasteiger partial charge in [0, 0.05) is 0 Å². The number of methoxy groups -OCH3 is 1. The van der Waals surface area contributed by atoms with Crippen LogP contribution in [0.3, 0.4) is 0 Å². The van der Waals surface area contributed by atoms with E-state index in [-0.39, 0.29) is 24.0 Å². The average molecular weight is 456 g/mol. The van der Waals surface area contributed by atoms with Gasteiger partial charge in [-0.15, -0.1) is 0 Å². The van der Waals surface area contributed by atoms with Gasteiger partial charge in [0.05, 0.1) is 13.7 Å². The molecule has 0 atom stereocenters. The number of rotatable bonds is 12. The van der Waals surface area contributed by atoms with Crippen molar-refractivity contribution in [3.63, 3.8) is 0 Å². The molecule has 1 heterocycles. The molecule has 25 heavy (non-hydrogen) atoms. The van der Waals surface area contributed by atoms with Gasteiger partial charge < -0.3 is 28.7 Å². The van der Waals surface area contributed by atoms with Crippen LogP contribution >= 0.6 is 0 Å². The molecule has 4 heteroatoms. The van der Waals surface area contributed by atoms with Crippen molar-refractivity contribution >= 4 is 0 Å². The molecular weight excluding hydrogens is 423 g/mol. The molecule has 2 rings (SSSR count). The second kappa shape index (κ2) is 13.2. The van der Waals surface area contributed by atoms with Gasteiger partial charge in [0.15, 0.2) is 11.4 Å². The Kier molecular flexibility index (Phi) is 11.6. The minimum Gasteiger partial charge on any atom is -1.00 e. The van der Waals surface area contributed by atoms with Gasteiger partial charge >= 0.3 is 0 Å². The Morgan fingerprint density at radius 2 is 1.56 bits per heavy atom. The summed E-state index contributed by atoms with van der Waals surface area (Å²) in [6.07, 6.45) is 18.8. The molecule has 140 valence electrons. The maximum atomic E-state index is 5.44. The fourth-order valence-corrected chi connectivity index (χ4v) is 3.12. The van der Waals surface area contributed by atoms with Crippen LogP contribution in [0.25, 0.3) is 5.69 Å². The molecule has 0 amide bonds. The maximum Gasteiger partial charge on any atom is 0.249 e. The molecule has 0 aliphatic rings. The summed E-state index contributed by atoms with van der Waals surface area (Å²) in [6, 6.07) is 8.13. The Morgan fingerprint density at radius 1 is 0.920 bits per heavy atom. The number of imidazole rings is 1. The first-order valence-corrected chi connectivity index (χ1v) is 9.55. The molecule has 0 saturated carbocycles. The maximum absolute atomic E-state index is 5.44. The van der Waals surface area contributed by atoms with Crippen LogP contribution in [0.1, 0.15) is 64.7 Å². The number of hydrogen-bond acceptors (Lipinski definition) is 1. The number of nitrogens with zero attached hydrogens (tertiary/aromatic N) is 2. The number of aryl methyl sites for hydroxylation is 1. The lowest BCUT2D eigenvalue weighted by atomic mass is 10.1. The van der Waals surface area contributed by atoms with Gasteiger partial charge in [-0.1, -0.05) is 64.0 Å². The number of benzene rings is 1. The second-order valence-electron chi connectivity index (χ2n) is 6.56. The summed E-state index contributed by atoms with van der Waals surface area (Å²) in [7, 11) is 1.72. The molecule has 0 unspecified atom stereocenters. The standard InChI is InChI=1S/C21H33N2O.HI/c1-3-4-5-6-7-8-9-10-13-16-22-17-18-23(19-22)20-14-11-12-15-21(20)24-2;/h11-12,14-15,17-19H,3-10,13,16H2,1-2H3;1H/q+1;/p-1. The zero-order valence-corrected chi connectivity index (χ0v) is 18.0. The smallest absolute Gasteiger partial charge is 0.249 e. The third-order valence-corrected chi connectivity index (χ3v) is 4.57. The molecule has 2 aromatic rings. The van der Waals surface area contributed by atoms with Crippen LogP contribution in [0, 0.1) is 0 Å². The minimum absolute atomic E-state index is 0. The zero-order valence-electron chi connectivity index (χ0n) is 15.8. The lowest BCUT2D eigenvalue weighted by molar-refractivity contribution is -0.696. The molecule has 3 nitrogen and oxygen atoms in total. The Bertz CT molecular complexity index is 583. The van der Waals surface area contributed by atoms with Crippen LogP contribution in [0.15, 0.2) is 43.0 Å². The highest BCUT2D eigenvalue weighted by molar-refractivity contribution is 5.45. The highest BCUT2D eigenvalue weighted by Crippen LogP contribution is 2.21. The summed E-state index contributed by atoms with van der Waals surface area (Å²) in [6.45, 7) is 3.37. The molecule has 0 fully saturated rings. The van der Waals surface area contributed by atoms with Crippen LogP contribution in [0.4, 0.5) is 0 Å². The SMILES string of the molecule is CCCCCCCCCCC[n+]1ccn(-c2ccccc2OC)c1.[I-]. The second-order valence-corrected chi connectivity index (χ2v) is 6.56. The van der Waals surface area contributed by atoms with Crippen LogP contribution in [0.5, 0.6) is 5.75 Å². The molecule has 0 N–H and O–H groups in total. The monoisotopic (exact) mass is 456 g/mol. The van der Waals surface area contributed by atoms with E-state index in [1.54, 1.807) is 7.11 Å². The largest absolute Gasteiger partial charge is 1.00 e. The lowest BCUT2D eigenvalue weighted by Gasteiger charge is -2.03. The Hall–Kier alpha value is -1.04. The van der Waals surface area contributed by atoms with Crippen molar-refractivity contribution in [2.45, 2.75) is 71.3 Å². The predicted molar refractivity (Wildman–Crippen MR) is 99.7 cm³/mol. The van der Waals surface area contributed by atoms with Crippen molar-refractivity contribution in [3.8, 4) is 11.4 Å². The molecule has 0 aliphatic heterocycles. The van der Waals surface area contributed by atoms with E-state index in [0.29, 0.717) is 0 Å². The van der Waals surface area contributed by atoms with E-state index in [9.17, 15) is 0 Å². The molecule has 0 spiro atoms. The number of ether oxygens (including phenoxy) is 1. The topological polar surface area (TPSA) is 18.0 Å². The fourth-order valence-electron chi connectivity index (χ4n) is 3.12. The summed E-state index contributed by atoms with van der Waals surface area (Å²) in [5.74, 6) is 0.906. The van der Waals surface area contributed by atoms with E-state index >= 15 is 0 Å². The average Bonchev–Trinajstić information content (AvgIpc) is 3.09. The van der Waals surface area contributed by atoms with Crippen molar-refractivity contribution < 1.29 is 33.3 Å². The molecule has 1 aromatic carbocycles. The van der Waals surface area contributed by atoms with Gasteiger partial charge in [0.1, 0.15) is 12.4 Å². The van der Waals surface area contributed by atoms with Crippen molar-refractivity contribution in [3.05, 3.63) is 43.0 Å². The fraction of sp³-hybridized carbons (Fsp3) is 0.571. The van der Waals surface area contributed by atoms with E-state index in [2.05, 4.69) is 40.8 Å². The van der Waals surface area contributed by atoms with Gasteiger partial charge in [0.25, 0.3) is 0 Å². The van der Waals surface area contributed by atoms with E-state index in [1.807, 2.05) is 18.2 Å². The van der Waals surface area contributed by atoms with Crippen molar-refractivity contribution in [2.75, 3.05) is 7.11 Å². The highest BCUT2D eigenvalue weighted by Gasteiger charge is 2.11. The molecule has 0 saturated heterocycles. The Labute approximate surface area is 170 Å². The van der Waals surface area contributed by atoms with Gasteiger partial charge in [0.2, 0.25) is 6.33 Å². The number of aromatic nitrogens is 2. The van der Waals surface area contributed by atoms with Crippen molar-refractivity contribution in [2.24, 2.45) is 0 Å². The first-order valence-electron chi connectivity index (χ1n) is 9.55. The quantitative estimate of drug-likeness (QED) is 0.272. The van der Waals surface area contributed by atoms with Crippen LogP contribution in [0.2, 0.25) is 0 Å². The summed E-state index contributed by atoms with van der Waals surface area (Å²) in [5.41, 5.74) is 1.09. The number of para-hydroxylation sites is 2. The van der Waals surface area contributed by atoms with Gasteiger partial charge in [-0.2, -0.15) is 4.57 Å². The molecule has 0 aliphatic carbocycles. The molecule has 0 bridgehead atoms. The summed E-state index contributed by atoms with van der Waals surface area (Å²) in [4.78, 5) is 0. The third kappa shape index (κ3) is 7.80. The highest BCUT2D eigenvalue weighted by atomic mass is 127. The van der Waals surface area contributed by atoms with E-state index in [1.165, 1.54) is 57.8 Å². The molecule has 1 aromatic heterocycles. The Morgan fingerprint density at radius 3 is 2.24 bits per heavy atom. The minimum atomic E-state index is 0. The normalized spacial score (nSPS) is 10.5. The van der Waals surface area contributed by atoms with Gasteiger partial charge in [-0.05, 0) is 25.0 Å². The summed E-state index contributed by atoms with van der Waals surface area (Å²) >= 11 is 0. The number of hydrogen-bond donors (Lipinski definition) is 0. The van der Waals surface area contributed by atoms with Crippen LogP contribution in [-0.2, 0) is 6.54 Å².